The predicted molar refractivity (Wildman–Crippen MR) is 60.3 cm³/mol. The van der Waals surface area contributed by atoms with E-state index in [0.29, 0.717) is 6.54 Å². The molecule has 1 aliphatic heterocycles. The third kappa shape index (κ3) is 2.04. The zero-order chi connectivity index (χ0) is 10.7. The summed E-state index contributed by atoms with van der Waals surface area (Å²) in [7, 11) is 0. The van der Waals surface area contributed by atoms with Gasteiger partial charge in [0.1, 0.15) is 0 Å². The van der Waals surface area contributed by atoms with Crippen molar-refractivity contribution in [3.8, 4) is 0 Å². The molecule has 0 spiro atoms. The average Bonchev–Trinajstić information content (AvgIpc) is 2.30. The highest BCUT2D eigenvalue weighted by Crippen LogP contribution is 2.32. The van der Waals surface area contributed by atoms with Crippen LogP contribution in [0.2, 0.25) is 0 Å². The van der Waals surface area contributed by atoms with Crippen LogP contribution in [0.15, 0.2) is 24.3 Å². The molecule has 0 atom stereocenters. The van der Waals surface area contributed by atoms with E-state index in [0.717, 1.165) is 37.1 Å². The zero-order valence-corrected chi connectivity index (χ0v) is 8.87. The number of hydrogen-bond donors (Lipinski definition) is 3. The Labute approximate surface area is 90.3 Å². The monoisotopic (exact) mass is 206 g/mol. The molecule has 2 rings (SSSR count). The molecule has 4 N–H and O–H groups in total. The Morgan fingerprint density at radius 2 is 1.93 bits per heavy atom. The second-order valence-corrected chi connectivity index (χ2v) is 4.14. The van der Waals surface area contributed by atoms with Gasteiger partial charge in [-0.2, -0.15) is 0 Å². The molecule has 1 aromatic rings. The van der Waals surface area contributed by atoms with Gasteiger partial charge < -0.3 is 16.2 Å². The van der Waals surface area contributed by atoms with Gasteiger partial charge in [0.15, 0.2) is 0 Å². The Kier molecular flexibility index (Phi) is 3.05. The van der Waals surface area contributed by atoms with Crippen molar-refractivity contribution in [3.63, 3.8) is 0 Å². The van der Waals surface area contributed by atoms with Crippen LogP contribution in [0.5, 0.6) is 0 Å². The van der Waals surface area contributed by atoms with Crippen LogP contribution in [-0.2, 0) is 12.1 Å². The summed E-state index contributed by atoms with van der Waals surface area (Å²) in [6.45, 7) is 2.23. The highest BCUT2D eigenvalue weighted by molar-refractivity contribution is 5.32. The molecular formula is C12H18N2O. The summed E-state index contributed by atoms with van der Waals surface area (Å²) in [5.41, 5.74) is 7.08. The third-order valence-electron chi connectivity index (χ3n) is 3.17. The molecule has 0 aromatic heterocycles. The number of piperidine rings is 1. The van der Waals surface area contributed by atoms with Gasteiger partial charge in [0.25, 0.3) is 0 Å². The van der Waals surface area contributed by atoms with E-state index in [1.54, 1.807) is 0 Å². The van der Waals surface area contributed by atoms with Crippen LogP contribution in [0.25, 0.3) is 0 Å². The molecule has 1 aliphatic rings. The lowest BCUT2D eigenvalue weighted by Crippen LogP contribution is -2.40. The van der Waals surface area contributed by atoms with Crippen molar-refractivity contribution in [2.24, 2.45) is 5.73 Å². The lowest BCUT2D eigenvalue weighted by molar-refractivity contribution is 0.00516. The standard InChI is InChI=1S/C12H18N2O/c13-9-10-3-1-2-4-11(10)12(15)5-7-14-8-6-12/h1-4,14-15H,5-9,13H2. The minimum absolute atomic E-state index is 0.492. The SMILES string of the molecule is NCc1ccccc1C1(O)CCNCC1. The van der Waals surface area contributed by atoms with Crippen molar-refractivity contribution in [2.75, 3.05) is 13.1 Å². The van der Waals surface area contributed by atoms with E-state index in [-0.39, 0.29) is 0 Å². The molecular weight excluding hydrogens is 188 g/mol. The summed E-state index contributed by atoms with van der Waals surface area (Å²) in [6, 6.07) is 7.92. The van der Waals surface area contributed by atoms with Crippen LogP contribution in [0.3, 0.4) is 0 Å². The fourth-order valence-corrected chi connectivity index (χ4v) is 2.26. The number of nitrogens with one attached hydrogen (secondary N) is 1. The van der Waals surface area contributed by atoms with E-state index < -0.39 is 5.60 Å². The first kappa shape index (κ1) is 10.6. The number of hydrogen-bond acceptors (Lipinski definition) is 3. The molecule has 0 saturated carbocycles. The van der Waals surface area contributed by atoms with Gasteiger partial charge in [-0.1, -0.05) is 24.3 Å². The number of aliphatic hydroxyl groups is 1. The molecule has 0 aliphatic carbocycles. The second kappa shape index (κ2) is 4.31. The Balaban J connectivity index is 2.34. The summed E-state index contributed by atoms with van der Waals surface area (Å²) >= 11 is 0. The van der Waals surface area contributed by atoms with Gasteiger partial charge >= 0.3 is 0 Å². The lowest BCUT2D eigenvalue weighted by atomic mass is 9.82. The lowest BCUT2D eigenvalue weighted by Gasteiger charge is -2.34. The molecule has 0 amide bonds. The van der Waals surface area contributed by atoms with Crippen molar-refractivity contribution >= 4 is 0 Å². The molecule has 82 valence electrons. The topological polar surface area (TPSA) is 58.3 Å². The van der Waals surface area contributed by atoms with E-state index in [4.69, 9.17) is 5.73 Å². The zero-order valence-electron chi connectivity index (χ0n) is 8.87. The Bertz CT molecular complexity index is 332. The fraction of sp³-hybridized carbons (Fsp3) is 0.500. The first-order valence-corrected chi connectivity index (χ1v) is 5.48. The molecule has 0 bridgehead atoms. The van der Waals surface area contributed by atoms with Gasteiger partial charge in [-0.3, -0.25) is 0 Å². The van der Waals surface area contributed by atoms with Crippen LogP contribution in [0, 0.1) is 0 Å². The molecule has 0 radical (unpaired) electrons. The van der Waals surface area contributed by atoms with Crippen molar-refractivity contribution < 1.29 is 5.11 Å². The Morgan fingerprint density at radius 3 is 2.60 bits per heavy atom. The van der Waals surface area contributed by atoms with Gasteiger partial charge in [0.05, 0.1) is 5.60 Å². The number of nitrogens with two attached hydrogens (primary N) is 1. The minimum atomic E-state index is -0.679. The van der Waals surface area contributed by atoms with Crippen LogP contribution in [0.4, 0.5) is 0 Å². The average molecular weight is 206 g/mol. The largest absolute Gasteiger partial charge is 0.385 e. The van der Waals surface area contributed by atoms with Gasteiger partial charge in [-0.25, -0.2) is 0 Å². The minimum Gasteiger partial charge on any atom is -0.385 e. The maximum atomic E-state index is 10.6. The van der Waals surface area contributed by atoms with Crippen molar-refractivity contribution in [1.29, 1.82) is 0 Å². The predicted octanol–water partition coefficient (Wildman–Crippen LogP) is 0.716. The van der Waals surface area contributed by atoms with Gasteiger partial charge in [-0.15, -0.1) is 0 Å². The summed E-state index contributed by atoms with van der Waals surface area (Å²) in [5, 5.41) is 13.8. The summed E-state index contributed by atoms with van der Waals surface area (Å²) in [6.07, 6.45) is 1.54. The third-order valence-corrected chi connectivity index (χ3v) is 3.17. The van der Waals surface area contributed by atoms with E-state index in [9.17, 15) is 5.11 Å². The van der Waals surface area contributed by atoms with Crippen LogP contribution in [-0.4, -0.2) is 18.2 Å². The van der Waals surface area contributed by atoms with Crippen LogP contribution in [0.1, 0.15) is 24.0 Å². The van der Waals surface area contributed by atoms with Crippen molar-refractivity contribution in [1.82, 2.24) is 5.32 Å². The molecule has 1 heterocycles. The normalized spacial score (nSPS) is 20.1. The van der Waals surface area contributed by atoms with Crippen LogP contribution < -0.4 is 11.1 Å². The summed E-state index contributed by atoms with van der Waals surface area (Å²) in [5.74, 6) is 0. The van der Waals surface area contributed by atoms with E-state index >= 15 is 0 Å². The molecule has 3 heteroatoms. The smallest absolute Gasteiger partial charge is 0.0923 e. The Hall–Kier alpha value is -0.900. The maximum absolute atomic E-state index is 10.6. The molecule has 15 heavy (non-hydrogen) atoms. The van der Waals surface area contributed by atoms with E-state index in [2.05, 4.69) is 5.32 Å². The van der Waals surface area contributed by atoms with Crippen molar-refractivity contribution in [2.45, 2.75) is 25.0 Å². The first-order valence-electron chi connectivity index (χ1n) is 5.48. The van der Waals surface area contributed by atoms with Crippen LogP contribution >= 0.6 is 0 Å². The molecule has 0 unspecified atom stereocenters. The molecule has 1 saturated heterocycles. The van der Waals surface area contributed by atoms with Gasteiger partial charge in [0.2, 0.25) is 0 Å². The fourth-order valence-electron chi connectivity index (χ4n) is 2.26. The van der Waals surface area contributed by atoms with Crippen molar-refractivity contribution in [3.05, 3.63) is 35.4 Å². The highest BCUT2D eigenvalue weighted by Gasteiger charge is 2.32. The first-order chi connectivity index (χ1) is 7.26. The van der Waals surface area contributed by atoms with E-state index in [1.807, 2.05) is 24.3 Å². The Morgan fingerprint density at radius 1 is 1.27 bits per heavy atom. The summed E-state index contributed by atoms with van der Waals surface area (Å²) < 4.78 is 0. The molecule has 3 nitrogen and oxygen atoms in total. The second-order valence-electron chi connectivity index (χ2n) is 4.14. The maximum Gasteiger partial charge on any atom is 0.0923 e. The van der Waals surface area contributed by atoms with E-state index in [1.165, 1.54) is 0 Å². The summed E-state index contributed by atoms with van der Waals surface area (Å²) in [4.78, 5) is 0. The number of benzene rings is 1. The molecule has 1 aromatic carbocycles. The quantitative estimate of drug-likeness (QED) is 0.668. The van der Waals surface area contributed by atoms with Gasteiger partial charge in [-0.05, 0) is 37.1 Å². The highest BCUT2D eigenvalue weighted by atomic mass is 16.3. The van der Waals surface area contributed by atoms with Gasteiger partial charge in [0, 0.05) is 6.54 Å². The molecule has 1 fully saturated rings. The number of rotatable bonds is 2.